The molecule has 0 bridgehead atoms. The molecule has 2 aromatic heterocycles. The molecule has 0 aliphatic heterocycles. The van der Waals surface area contributed by atoms with Crippen LogP contribution >= 0.6 is 23.4 Å². The molecule has 8 heteroatoms. The number of hydrogen-bond donors (Lipinski definition) is 1. The van der Waals surface area contributed by atoms with Gasteiger partial charge in [-0.1, -0.05) is 23.4 Å². The molecule has 0 atom stereocenters. The number of rotatable bonds is 6. The Morgan fingerprint density at radius 1 is 1.38 bits per heavy atom. The van der Waals surface area contributed by atoms with E-state index in [4.69, 9.17) is 21.8 Å². The van der Waals surface area contributed by atoms with Gasteiger partial charge in [-0.25, -0.2) is 4.98 Å². The second-order valence-electron chi connectivity index (χ2n) is 5.09. The first-order valence-corrected chi connectivity index (χ1v) is 8.54. The largest absolute Gasteiger partial charge is 0.467 e. The predicted octanol–water partition coefficient (Wildman–Crippen LogP) is 2.66. The van der Waals surface area contributed by atoms with Gasteiger partial charge in [0.1, 0.15) is 5.76 Å². The summed E-state index contributed by atoms with van der Waals surface area (Å²) in [7, 11) is 0. The number of nitrogens with two attached hydrogens (primary N) is 1. The lowest BCUT2D eigenvalue weighted by atomic mass is 10.2. The molecule has 3 aromatic rings. The topological polar surface area (TPSA) is 91.1 Å². The number of furan rings is 1. The molecule has 2 heterocycles. The minimum Gasteiger partial charge on any atom is -0.467 e. The molecular weight excluding hydrogens is 350 g/mol. The number of carbonyl (C=O) groups is 1. The Balaban J connectivity index is 2.06. The van der Waals surface area contributed by atoms with Crippen LogP contribution in [0, 0.1) is 0 Å². The molecule has 0 aliphatic rings. The number of benzene rings is 1. The zero-order valence-electron chi connectivity index (χ0n) is 12.6. The maximum Gasteiger partial charge on any atom is 0.262 e. The Labute approximate surface area is 146 Å². The fraction of sp³-hybridized carbons (Fsp3) is 0.188. The van der Waals surface area contributed by atoms with Gasteiger partial charge in [0, 0.05) is 17.2 Å². The molecule has 124 valence electrons. The Bertz CT molecular complexity index is 938. The smallest absolute Gasteiger partial charge is 0.262 e. The summed E-state index contributed by atoms with van der Waals surface area (Å²) in [6, 6.07) is 8.51. The highest BCUT2D eigenvalue weighted by Crippen LogP contribution is 2.21. The minimum absolute atomic E-state index is 0.186. The summed E-state index contributed by atoms with van der Waals surface area (Å²) >= 11 is 7.29. The molecule has 0 spiro atoms. The third-order valence-corrected chi connectivity index (χ3v) is 4.57. The number of hydrogen-bond acceptors (Lipinski definition) is 5. The second kappa shape index (κ2) is 7.11. The van der Waals surface area contributed by atoms with Crippen LogP contribution in [0.25, 0.3) is 10.9 Å². The van der Waals surface area contributed by atoms with Gasteiger partial charge in [-0.2, -0.15) is 0 Å². The van der Waals surface area contributed by atoms with Gasteiger partial charge in [0.15, 0.2) is 5.16 Å². The summed E-state index contributed by atoms with van der Waals surface area (Å²) in [6.07, 6.45) is 1.75. The Morgan fingerprint density at radius 3 is 2.92 bits per heavy atom. The van der Waals surface area contributed by atoms with Gasteiger partial charge in [0.25, 0.3) is 5.56 Å². The highest BCUT2D eigenvalue weighted by atomic mass is 35.5. The number of nitrogens with zero attached hydrogens (tertiary/aromatic N) is 2. The molecule has 3 rings (SSSR count). The van der Waals surface area contributed by atoms with Crippen LogP contribution in [0.1, 0.15) is 12.2 Å². The average molecular weight is 364 g/mol. The summed E-state index contributed by atoms with van der Waals surface area (Å²) in [5, 5.41) is 1.48. The van der Waals surface area contributed by atoms with Gasteiger partial charge < -0.3 is 10.2 Å². The number of aromatic nitrogens is 2. The Morgan fingerprint density at radius 2 is 2.21 bits per heavy atom. The minimum atomic E-state index is -0.397. The summed E-state index contributed by atoms with van der Waals surface area (Å²) in [5.41, 5.74) is 5.50. The fourth-order valence-electron chi connectivity index (χ4n) is 2.22. The van der Waals surface area contributed by atoms with Crippen molar-refractivity contribution < 1.29 is 9.21 Å². The van der Waals surface area contributed by atoms with Crippen molar-refractivity contribution in [1.29, 1.82) is 0 Å². The Hall–Kier alpha value is -2.25. The van der Waals surface area contributed by atoms with Crippen LogP contribution in [0.15, 0.2) is 51.0 Å². The van der Waals surface area contributed by atoms with E-state index in [-0.39, 0.29) is 18.5 Å². The van der Waals surface area contributed by atoms with Crippen molar-refractivity contribution in [2.45, 2.75) is 18.1 Å². The fourth-order valence-corrected chi connectivity index (χ4v) is 3.34. The van der Waals surface area contributed by atoms with Crippen LogP contribution < -0.4 is 11.3 Å². The molecule has 0 fully saturated rings. The zero-order valence-corrected chi connectivity index (χ0v) is 14.1. The molecule has 0 unspecified atom stereocenters. The lowest BCUT2D eigenvalue weighted by Crippen LogP contribution is -2.24. The summed E-state index contributed by atoms with van der Waals surface area (Å²) < 4.78 is 6.86. The molecule has 0 saturated heterocycles. The van der Waals surface area contributed by atoms with E-state index >= 15 is 0 Å². The van der Waals surface area contributed by atoms with Crippen molar-refractivity contribution in [3.8, 4) is 0 Å². The van der Waals surface area contributed by atoms with E-state index in [2.05, 4.69) is 4.98 Å². The molecule has 0 saturated carbocycles. The number of carbonyl (C=O) groups excluding carboxylic acids is 1. The van der Waals surface area contributed by atoms with Crippen LogP contribution in [-0.4, -0.2) is 21.2 Å². The summed E-state index contributed by atoms with van der Waals surface area (Å²) in [4.78, 5) is 28.3. The van der Waals surface area contributed by atoms with Crippen molar-refractivity contribution in [2.75, 3.05) is 5.75 Å². The number of amides is 1. The molecule has 24 heavy (non-hydrogen) atoms. The molecule has 0 radical (unpaired) electrons. The lowest BCUT2D eigenvalue weighted by molar-refractivity contribution is -0.117. The van der Waals surface area contributed by atoms with Crippen molar-refractivity contribution in [1.82, 2.24) is 9.55 Å². The van der Waals surface area contributed by atoms with Gasteiger partial charge in [0.05, 0.1) is 23.7 Å². The van der Waals surface area contributed by atoms with Crippen molar-refractivity contribution in [3.63, 3.8) is 0 Å². The third kappa shape index (κ3) is 3.63. The predicted molar refractivity (Wildman–Crippen MR) is 93.4 cm³/mol. The zero-order chi connectivity index (χ0) is 17.1. The van der Waals surface area contributed by atoms with E-state index in [9.17, 15) is 9.59 Å². The van der Waals surface area contributed by atoms with Crippen LogP contribution in [0.3, 0.4) is 0 Å². The highest BCUT2D eigenvalue weighted by molar-refractivity contribution is 7.99. The summed E-state index contributed by atoms with van der Waals surface area (Å²) in [5.74, 6) is 0.682. The molecule has 6 nitrogen and oxygen atoms in total. The Kier molecular flexibility index (Phi) is 4.92. The molecular formula is C16H14ClN3O3S. The van der Waals surface area contributed by atoms with Crippen molar-refractivity contribution >= 4 is 40.2 Å². The highest BCUT2D eigenvalue weighted by Gasteiger charge is 2.14. The SMILES string of the molecule is NC(=O)CCSc1nc2cc(Cl)ccc2c(=O)n1Cc1ccco1. The molecule has 1 aromatic carbocycles. The lowest BCUT2D eigenvalue weighted by Gasteiger charge is -2.12. The quantitative estimate of drug-likeness (QED) is 0.537. The molecule has 1 amide bonds. The maximum absolute atomic E-state index is 12.8. The van der Waals surface area contributed by atoms with Gasteiger partial charge in [-0.05, 0) is 30.3 Å². The maximum atomic E-state index is 12.8. The first-order chi connectivity index (χ1) is 11.5. The second-order valence-corrected chi connectivity index (χ2v) is 6.59. The van der Waals surface area contributed by atoms with E-state index in [1.165, 1.54) is 16.3 Å². The first-order valence-electron chi connectivity index (χ1n) is 7.18. The van der Waals surface area contributed by atoms with E-state index in [0.29, 0.717) is 32.6 Å². The molecule has 0 aliphatic carbocycles. The van der Waals surface area contributed by atoms with E-state index in [1.54, 1.807) is 36.6 Å². The van der Waals surface area contributed by atoms with E-state index < -0.39 is 5.91 Å². The van der Waals surface area contributed by atoms with E-state index in [1.807, 2.05) is 0 Å². The van der Waals surface area contributed by atoms with Crippen LogP contribution in [0.5, 0.6) is 0 Å². The summed E-state index contributed by atoms with van der Waals surface area (Å²) in [6.45, 7) is 0.260. The van der Waals surface area contributed by atoms with Crippen LogP contribution in [0.4, 0.5) is 0 Å². The van der Waals surface area contributed by atoms with Gasteiger partial charge >= 0.3 is 0 Å². The standard InChI is InChI=1S/C16H14ClN3O3S/c17-10-3-4-12-13(8-10)19-16(24-7-5-14(18)21)20(15(12)22)9-11-2-1-6-23-11/h1-4,6,8H,5,7,9H2,(H2,18,21). The molecule has 2 N–H and O–H groups in total. The average Bonchev–Trinajstić information content (AvgIpc) is 3.03. The van der Waals surface area contributed by atoms with Crippen LogP contribution in [-0.2, 0) is 11.3 Å². The number of halogens is 1. The normalized spacial score (nSPS) is 11.0. The first kappa shape index (κ1) is 16.6. The van der Waals surface area contributed by atoms with Crippen molar-refractivity contribution in [3.05, 3.63) is 57.7 Å². The monoisotopic (exact) mass is 363 g/mol. The van der Waals surface area contributed by atoms with E-state index in [0.717, 1.165) is 0 Å². The van der Waals surface area contributed by atoms with Crippen molar-refractivity contribution in [2.24, 2.45) is 5.73 Å². The third-order valence-electron chi connectivity index (χ3n) is 3.36. The van der Waals surface area contributed by atoms with Crippen LogP contribution in [0.2, 0.25) is 5.02 Å². The van der Waals surface area contributed by atoms with Gasteiger partial charge in [0.2, 0.25) is 5.91 Å². The number of thioether (sulfide) groups is 1. The number of primary amides is 1. The van der Waals surface area contributed by atoms with Gasteiger partial charge in [-0.15, -0.1) is 0 Å². The number of fused-ring (bicyclic) bond motifs is 1. The van der Waals surface area contributed by atoms with Gasteiger partial charge in [-0.3, -0.25) is 14.2 Å².